The third-order valence-electron chi connectivity index (χ3n) is 10.8. The summed E-state index contributed by atoms with van der Waals surface area (Å²) in [5.41, 5.74) is 10.3. The molecule has 0 N–H and O–H groups in total. The SMILES string of the molecule is c1ccc(-c2nc3c(cc(N(c4ccc5c6ccccc6n(-c6ccccc6)c5c4)c4cccc5c4sc4ccccc45)c4oc5ccccc5c43)o2)cc1. The molecule has 12 rings (SSSR count). The second-order valence-corrected chi connectivity index (χ2v) is 15.0. The Morgan fingerprint density at radius 3 is 2.09 bits per heavy atom. The van der Waals surface area contributed by atoms with E-state index >= 15 is 0 Å². The Morgan fingerprint density at radius 1 is 0.509 bits per heavy atom. The van der Waals surface area contributed by atoms with Crippen LogP contribution in [0.25, 0.3) is 92.2 Å². The number of nitrogens with zero attached hydrogens (tertiary/aromatic N) is 3. The smallest absolute Gasteiger partial charge is 0.227 e. The summed E-state index contributed by atoms with van der Waals surface area (Å²) in [6.45, 7) is 0. The van der Waals surface area contributed by atoms with Gasteiger partial charge in [0.25, 0.3) is 0 Å². The molecule has 6 heteroatoms. The number of rotatable bonds is 5. The fraction of sp³-hybridized carbons (Fsp3) is 0. The molecule has 0 amide bonds. The fourth-order valence-electron chi connectivity index (χ4n) is 8.40. The van der Waals surface area contributed by atoms with Gasteiger partial charge < -0.3 is 18.3 Å². The number of oxazole rings is 1. The van der Waals surface area contributed by atoms with E-state index in [1.807, 2.05) is 53.8 Å². The van der Waals surface area contributed by atoms with Crippen molar-refractivity contribution in [3.8, 4) is 17.1 Å². The van der Waals surface area contributed by atoms with Crippen molar-refractivity contribution in [2.45, 2.75) is 0 Å². The van der Waals surface area contributed by atoms with E-state index in [0.29, 0.717) is 11.5 Å². The van der Waals surface area contributed by atoms with Gasteiger partial charge in [0.2, 0.25) is 5.89 Å². The predicted molar refractivity (Wildman–Crippen MR) is 229 cm³/mol. The molecule has 0 saturated heterocycles. The topological polar surface area (TPSA) is 47.3 Å². The maximum atomic E-state index is 6.91. The molecule has 4 heterocycles. The fourth-order valence-corrected chi connectivity index (χ4v) is 9.61. The molecule has 0 unspecified atom stereocenters. The number of thiophene rings is 1. The third-order valence-corrected chi connectivity index (χ3v) is 12.0. The summed E-state index contributed by atoms with van der Waals surface area (Å²) in [5, 5.41) is 6.79. The number of benzene rings is 8. The zero-order chi connectivity index (χ0) is 36.0. The van der Waals surface area contributed by atoms with Gasteiger partial charge in [0.15, 0.2) is 11.2 Å². The first-order chi connectivity index (χ1) is 27.3. The molecule has 0 aliphatic rings. The molecule has 4 aromatic heterocycles. The molecule has 5 nitrogen and oxygen atoms in total. The molecule has 0 fully saturated rings. The zero-order valence-electron chi connectivity index (χ0n) is 29.3. The normalized spacial score (nSPS) is 12.0. The van der Waals surface area contributed by atoms with Crippen molar-refractivity contribution in [2.75, 3.05) is 4.90 Å². The minimum atomic E-state index is 0.575. The van der Waals surface area contributed by atoms with E-state index in [-0.39, 0.29) is 0 Å². The summed E-state index contributed by atoms with van der Waals surface area (Å²) in [4.78, 5) is 7.48. The van der Waals surface area contributed by atoms with Crippen LogP contribution in [0.15, 0.2) is 185 Å². The van der Waals surface area contributed by atoms with Crippen molar-refractivity contribution >= 4 is 103 Å². The number of hydrogen-bond acceptors (Lipinski definition) is 5. The Bertz CT molecular complexity index is 3450. The highest BCUT2D eigenvalue weighted by Gasteiger charge is 2.27. The molecule has 0 atom stereocenters. The molecule has 0 radical (unpaired) electrons. The summed E-state index contributed by atoms with van der Waals surface area (Å²) in [7, 11) is 0. The standard InChI is InChI=1S/C49H29N3O2S/c1-3-14-30(15-4-1)49-50-46-43(54-49)29-41(47-45(46)37-20-8-11-24-42(37)53-47)52(39-23-13-21-36-35-19-9-12-25-44(35)55-48(36)39)32-26-27-34-33-18-7-10-22-38(33)51(40(34)28-32)31-16-5-2-6-17-31/h1-29H. The number of hydrogen-bond donors (Lipinski definition) is 0. The maximum absolute atomic E-state index is 6.91. The molecule has 0 aliphatic heterocycles. The first-order valence-corrected chi connectivity index (χ1v) is 19.2. The van der Waals surface area contributed by atoms with Crippen LogP contribution in [0, 0.1) is 0 Å². The molecule has 0 aliphatic carbocycles. The van der Waals surface area contributed by atoms with Gasteiger partial charge in [-0.05, 0) is 60.7 Å². The summed E-state index contributed by atoms with van der Waals surface area (Å²) in [6.07, 6.45) is 0. The van der Waals surface area contributed by atoms with Crippen molar-refractivity contribution in [3.63, 3.8) is 0 Å². The minimum absolute atomic E-state index is 0.575. The van der Waals surface area contributed by atoms with Crippen molar-refractivity contribution in [2.24, 2.45) is 0 Å². The van der Waals surface area contributed by atoms with E-state index in [1.54, 1.807) is 0 Å². The minimum Gasteiger partial charge on any atom is -0.454 e. The predicted octanol–water partition coefficient (Wildman–Crippen LogP) is 14.3. The van der Waals surface area contributed by atoms with Gasteiger partial charge in [0.05, 0.1) is 32.5 Å². The number of aromatic nitrogens is 2. The molecule has 8 aromatic carbocycles. The van der Waals surface area contributed by atoms with Crippen molar-refractivity contribution in [1.82, 2.24) is 9.55 Å². The van der Waals surface area contributed by atoms with Crippen molar-refractivity contribution < 1.29 is 8.83 Å². The van der Waals surface area contributed by atoms with Gasteiger partial charge >= 0.3 is 0 Å². The summed E-state index contributed by atoms with van der Waals surface area (Å²) in [5.74, 6) is 0.575. The first kappa shape index (κ1) is 30.3. The molecule has 0 bridgehead atoms. The molecular weight excluding hydrogens is 695 g/mol. The van der Waals surface area contributed by atoms with E-state index in [1.165, 1.54) is 30.9 Å². The zero-order valence-corrected chi connectivity index (χ0v) is 30.1. The van der Waals surface area contributed by atoms with E-state index in [2.05, 4.69) is 143 Å². The summed E-state index contributed by atoms with van der Waals surface area (Å²) < 4.78 is 18.4. The maximum Gasteiger partial charge on any atom is 0.227 e. The van der Waals surface area contributed by atoms with Crippen molar-refractivity contribution in [1.29, 1.82) is 0 Å². The van der Waals surface area contributed by atoms with E-state index < -0.39 is 0 Å². The van der Waals surface area contributed by atoms with Crippen LogP contribution in [0.3, 0.4) is 0 Å². The number of furan rings is 1. The summed E-state index contributed by atoms with van der Waals surface area (Å²) >= 11 is 1.82. The van der Waals surface area contributed by atoms with Gasteiger partial charge in [-0.25, -0.2) is 4.98 Å². The lowest BCUT2D eigenvalue weighted by molar-refractivity contribution is 0.619. The Labute approximate surface area is 318 Å². The number of anilines is 3. The van der Waals surface area contributed by atoms with E-state index in [9.17, 15) is 0 Å². The lowest BCUT2D eigenvalue weighted by atomic mass is 10.1. The number of para-hydroxylation sites is 3. The van der Waals surface area contributed by atoms with Crippen LogP contribution in [0.4, 0.5) is 17.1 Å². The highest BCUT2D eigenvalue weighted by atomic mass is 32.1. The molecule has 55 heavy (non-hydrogen) atoms. The second-order valence-electron chi connectivity index (χ2n) is 13.9. The van der Waals surface area contributed by atoms with Crippen LogP contribution < -0.4 is 4.90 Å². The molecule has 0 saturated carbocycles. The third kappa shape index (κ3) is 4.49. The van der Waals surface area contributed by atoms with Crippen molar-refractivity contribution in [3.05, 3.63) is 176 Å². The van der Waals surface area contributed by atoms with Crippen LogP contribution in [-0.2, 0) is 0 Å². The van der Waals surface area contributed by atoms with Crippen LogP contribution in [0.2, 0.25) is 0 Å². The molecule has 12 aromatic rings. The molecule has 258 valence electrons. The van der Waals surface area contributed by atoms with Crippen LogP contribution >= 0.6 is 11.3 Å². The average Bonchev–Trinajstić information content (AvgIpc) is 4.02. The van der Waals surface area contributed by atoms with E-state index in [4.69, 9.17) is 13.8 Å². The average molecular weight is 724 g/mol. The quantitative estimate of drug-likeness (QED) is 0.177. The Kier molecular flexibility index (Phi) is 6.44. The lowest BCUT2D eigenvalue weighted by Crippen LogP contribution is -2.10. The monoisotopic (exact) mass is 723 g/mol. The second kappa shape index (κ2) is 11.7. The highest BCUT2D eigenvalue weighted by molar-refractivity contribution is 7.26. The Morgan fingerprint density at radius 2 is 1.22 bits per heavy atom. The van der Waals surface area contributed by atoms with Gasteiger partial charge in [-0.2, -0.15) is 0 Å². The largest absolute Gasteiger partial charge is 0.454 e. The Balaban J connectivity index is 1.22. The number of fused-ring (bicyclic) bond motifs is 11. The lowest BCUT2D eigenvalue weighted by Gasteiger charge is -2.26. The van der Waals surface area contributed by atoms with Gasteiger partial charge in [0, 0.05) is 54.6 Å². The van der Waals surface area contributed by atoms with Crippen LogP contribution in [0.1, 0.15) is 0 Å². The van der Waals surface area contributed by atoms with Crippen LogP contribution in [-0.4, -0.2) is 9.55 Å². The van der Waals surface area contributed by atoms with Gasteiger partial charge in [-0.15, -0.1) is 11.3 Å². The first-order valence-electron chi connectivity index (χ1n) is 18.4. The summed E-state index contributed by atoms with van der Waals surface area (Å²) in [6, 6.07) is 61.8. The van der Waals surface area contributed by atoms with Gasteiger partial charge in [-0.1, -0.05) is 109 Å². The Hall–Kier alpha value is -7.15. The van der Waals surface area contributed by atoms with Gasteiger partial charge in [-0.3, -0.25) is 0 Å². The highest BCUT2D eigenvalue weighted by Crippen LogP contribution is 2.50. The molecular formula is C49H29N3O2S. The molecule has 0 spiro atoms. The van der Waals surface area contributed by atoms with Gasteiger partial charge in [0.1, 0.15) is 11.1 Å². The van der Waals surface area contributed by atoms with E-state index in [0.717, 1.165) is 66.8 Å². The van der Waals surface area contributed by atoms with Crippen LogP contribution in [0.5, 0.6) is 0 Å².